The van der Waals surface area contributed by atoms with Gasteiger partial charge in [-0.1, -0.05) is 0 Å². The van der Waals surface area contributed by atoms with E-state index in [4.69, 9.17) is 9.47 Å². The first-order chi connectivity index (χ1) is 17.6. The largest absolute Gasteiger partial charge is 0.494 e. The summed E-state index contributed by atoms with van der Waals surface area (Å²) in [6.45, 7) is 8.68. The van der Waals surface area contributed by atoms with Gasteiger partial charge in [-0.3, -0.25) is 9.58 Å². The normalized spacial score (nSPS) is 15.6. The number of piperazine rings is 1. The van der Waals surface area contributed by atoms with Crippen molar-refractivity contribution >= 4 is 40.2 Å². The molecule has 2 aliphatic rings. The van der Waals surface area contributed by atoms with Gasteiger partial charge >= 0.3 is 12.1 Å². The zero-order valence-electron chi connectivity index (χ0n) is 21.9. The standard InChI is InChI=1S/C26H33N7O4/c1-26(2,3)37-25(35)32-12-10-31(11-13-32)20-6-8-27-23-19(20)7-9-33(23)24(34)28-18-14-17-16-30(4)29-22(17)21(15-18)36-5/h6,8,14-16H,7,9-13H2,1-5H3,(H,28,34). The topological polar surface area (TPSA) is 105 Å². The molecule has 37 heavy (non-hydrogen) atoms. The Morgan fingerprint density at radius 2 is 1.84 bits per heavy atom. The molecule has 3 amide bonds. The van der Waals surface area contributed by atoms with E-state index in [1.54, 1.807) is 33.9 Å². The van der Waals surface area contributed by atoms with Crippen LogP contribution < -0.4 is 19.9 Å². The Kier molecular flexibility index (Phi) is 6.30. The number of carbonyl (C=O) groups is 2. The maximum atomic E-state index is 13.3. The van der Waals surface area contributed by atoms with Crippen molar-refractivity contribution in [1.82, 2.24) is 19.7 Å². The van der Waals surface area contributed by atoms with Crippen molar-refractivity contribution in [3.8, 4) is 5.75 Å². The number of benzene rings is 1. The van der Waals surface area contributed by atoms with Crippen LogP contribution in [0.15, 0.2) is 30.6 Å². The van der Waals surface area contributed by atoms with Crippen LogP contribution in [0.2, 0.25) is 0 Å². The Balaban J connectivity index is 1.29. The van der Waals surface area contributed by atoms with E-state index in [-0.39, 0.29) is 12.1 Å². The van der Waals surface area contributed by atoms with Crippen molar-refractivity contribution in [2.75, 3.05) is 55.0 Å². The number of nitrogens with one attached hydrogen (secondary N) is 1. The van der Waals surface area contributed by atoms with Gasteiger partial charge in [0.1, 0.15) is 22.7 Å². The molecule has 11 heteroatoms. The van der Waals surface area contributed by atoms with E-state index in [1.165, 1.54) is 0 Å². The Labute approximate surface area is 215 Å². The van der Waals surface area contributed by atoms with Crippen LogP contribution in [-0.4, -0.2) is 77.2 Å². The minimum atomic E-state index is -0.515. The summed E-state index contributed by atoms with van der Waals surface area (Å²) >= 11 is 0. The second kappa shape index (κ2) is 9.45. The number of urea groups is 1. The van der Waals surface area contributed by atoms with Crippen LogP contribution >= 0.6 is 0 Å². The van der Waals surface area contributed by atoms with E-state index < -0.39 is 5.60 Å². The lowest BCUT2D eigenvalue weighted by Crippen LogP contribution is -2.50. The summed E-state index contributed by atoms with van der Waals surface area (Å²) in [5.74, 6) is 1.26. The predicted octanol–water partition coefficient (Wildman–Crippen LogP) is 3.63. The molecule has 4 heterocycles. The molecule has 3 aromatic rings. The first kappa shape index (κ1) is 24.7. The maximum absolute atomic E-state index is 13.3. The van der Waals surface area contributed by atoms with E-state index in [2.05, 4.69) is 20.3 Å². The fourth-order valence-corrected chi connectivity index (χ4v) is 4.87. The highest BCUT2D eigenvalue weighted by Crippen LogP contribution is 2.35. The van der Waals surface area contributed by atoms with Crippen molar-refractivity contribution in [2.24, 2.45) is 7.05 Å². The first-order valence-corrected chi connectivity index (χ1v) is 12.4. The van der Waals surface area contributed by atoms with Gasteiger partial charge in [-0.25, -0.2) is 14.6 Å². The van der Waals surface area contributed by atoms with Crippen LogP contribution in [0.3, 0.4) is 0 Å². The molecule has 0 aliphatic carbocycles. The van der Waals surface area contributed by atoms with Crippen LogP contribution in [0.1, 0.15) is 26.3 Å². The quantitative estimate of drug-likeness (QED) is 0.577. The zero-order chi connectivity index (χ0) is 26.3. The Morgan fingerprint density at radius 3 is 2.54 bits per heavy atom. The van der Waals surface area contributed by atoms with Crippen LogP contribution in [0.4, 0.5) is 26.8 Å². The number of anilines is 3. The molecular formula is C26H33N7O4. The second-order valence-electron chi connectivity index (χ2n) is 10.3. The molecule has 1 saturated heterocycles. The van der Waals surface area contributed by atoms with Crippen LogP contribution in [-0.2, 0) is 18.2 Å². The lowest BCUT2D eigenvalue weighted by Gasteiger charge is -2.37. The lowest BCUT2D eigenvalue weighted by molar-refractivity contribution is 0.0240. The monoisotopic (exact) mass is 507 g/mol. The fraction of sp³-hybridized carbons (Fsp3) is 0.462. The Bertz CT molecular complexity index is 1340. The van der Waals surface area contributed by atoms with Crippen LogP contribution in [0.5, 0.6) is 5.75 Å². The molecule has 1 fully saturated rings. The summed E-state index contributed by atoms with van der Waals surface area (Å²) in [6, 6.07) is 5.40. The van der Waals surface area contributed by atoms with Crippen molar-refractivity contribution in [2.45, 2.75) is 32.8 Å². The van der Waals surface area contributed by atoms with Crippen molar-refractivity contribution in [3.05, 3.63) is 36.2 Å². The number of fused-ring (bicyclic) bond motifs is 2. The van der Waals surface area contributed by atoms with Crippen LogP contribution in [0.25, 0.3) is 10.9 Å². The Hall–Kier alpha value is -4.02. The van der Waals surface area contributed by atoms with Crippen LogP contribution in [0, 0.1) is 0 Å². The molecule has 2 aromatic heterocycles. The summed E-state index contributed by atoms with van der Waals surface area (Å²) in [5.41, 5.74) is 2.96. The third-order valence-corrected chi connectivity index (χ3v) is 6.53. The molecule has 0 radical (unpaired) electrons. The highest BCUT2D eigenvalue weighted by molar-refractivity contribution is 6.04. The summed E-state index contributed by atoms with van der Waals surface area (Å²) in [6.07, 6.45) is 4.05. The molecule has 0 spiro atoms. The van der Waals surface area contributed by atoms with E-state index in [9.17, 15) is 9.59 Å². The van der Waals surface area contributed by atoms with Gasteiger partial charge in [0.15, 0.2) is 0 Å². The van der Waals surface area contributed by atoms with Gasteiger partial charge in [0.2, 0.25) is 0 Å². The molecule has 0 unspecified atom stereocenters. The van der Waals surface area contributed by atoms with Gasteiger partial charge in [0.05, 0.1) is 7.11 Å². The zero-order valence-corrected chi connectivity index (χ0v) is 21.9. The molecule has 5 rings (SSSR count). The minimum Gasteiger partial charge on any atom is -0.494 e. The number of carbonyl (C=O) groups excluding carboxylic acids is 2. The molecule has 0 bridgehead atoms. The van der Waals surface area contributed by atoms with Gasteiger partial charge in [-0.05, 0) is 39.3 Å². The molecule has 2 aliphatic heterocycles. The number of amides is 3. The number of pyridine rings is 1. The number of hydrogen-bond donors (Lipinski definition) is 1. The third kappa shape index (κ3) is 4.98. The van der Waals surface area contributed by atoms with Gasteiger partial charge in [0, 0.05) is 80.6 Å². The number of rotatable bonds is 3. The average molecular weight is 508 g/mol. The Morgan fingerprint density at radius 1 is 1.08 bits per heavy atom. The van der Waals surface area contributed by atoms with Gasteiger partial charge in [0.25, 0.3) is 0 Å². The van der Waals surface area contributed by atoms with E-state index >= 15 is 0 Å². The first-order valence-electron chi connectivity index (χ1n) is 12.4. The predicted molar refractivity (Wildman–Crippen MR) is 142 cm³/mol. The molecule has 0 atom stereocenters. The number of hydrogen-bond acceptors (Lipinski definition) is 7. The SMILES string of the molecule is COc1cc(NC(=O)N2CCc3c(N4CCN(C(=O)OC(C)(C)C)CC4)ccnc32)cc2cn(C)nc12. The third-order valence-electron chi connectivity index (χ3n) is 6.53. The molecule has 11 nitrogen and oxygen atoms in total. The highest BCUT2D eigenvalue weighted by Gasteiger charge is 2.32. The molecule has 1 aromatic carbocycles. The number of aromatic nitrogens is 3. The molecule has 0 saturated carbocycles. The number of aryl methyl sites for hydroxylation is 1. The van der Waals surface area contributed by atoms with Gasteiger partial charge < -0.3 is 24.6 Å². The van der Waals surface area contributed by atoms with Crippen molar-refractivity contribution < 1.29 is 19.1 Å². The van der Waals surface area contributed by atoms with E-state index in [0.29, 0.717) is 56.4 Å². The maximum Gasteiger partial charge on any atom is 0.410 e. The summed E-state index contributed by atoms with van der Waals surface area (Å²) in [7, 11) is 3.43. The highest BCUT2D eigenvalue weighted by atomic mass is 16.6. The average Bonchev–Trinajstić information content (AvgIpc) is 3.45. The van der Waals surface area contributed by atoms with Crippen molar-refractivity contribution in [1.29, 1.82) is 0 Å². The van der Waals surface area contributed by atoms with Gasteiger partial charge in [-0.15, -0.1) is 0 Å². The molecular weight excluding hydrogens is 474 g/mol. The second-order valence-corrected chi connectivity index (χ2v) is 10.3. The fourth-order valence-electron chi connectivity index (χ4n) is 4.87. The summed E-state index contributed by atoms with van der Waals surface area (Å²) < 4.78 is 12.7. The minimum absolute atomic E-state index is 0.247. The summed E-state index contributed by atoms with van der Waals surface area (Å²) in [4.78, 5) is 35.9. The smallest absolute Gasteiger partial charge is 0.410 e. The van der Waals surface area contributed by atoms with E-state index in [0.717, 1.165) is 22.2 Å². The number of methoxy groups -OCH3 is 1. The number of ether oxygens (including phenoxy) is 2. The lowest BCUT2D eigenvalue weighted by atomic mass is 10.1. The van der Waals surface area contributed by atoms with E-state index in [1.807, 2.05) is 46.1 Å². The van der Waals surface area contributed by atoms with Gasteiger partial charge in [-0.2, -0.15) is 5.10 Å². The number of nitrogens with zero attached hydrogens (tertiary/aromatic N) is 6. The summed E-state index contributed by atoms with van der Waals surface area (Å²) in [5, 5.41) is 8.30. The molecule has 1 N–H and O–H groups in total. The molecule has 196 valence electrons. The van der Waals surface area contributed by atoms with Crippen molar-refractivity contribution in [3.63, 3.8) is 0 Å².